The van der Waals surface area contributed by atoms with E-state index in [2.05, 4.69) is 55.7 Å². The van der Waals surface area contributed by atoms with Gasteiger partial charge in [-0.1, -0.05) is 56.3 Å². The SMILES string of the molecule is CC(C)c1ccc(NC(=O)CN[C@H](C)c2ccccc2)cc1. The Balaban J connectivity index is 1.83. The maximum Gasteiger partial charge on any atom is 0.238 e. The molecule has 0 aromatic heterocycles. The summed E-state index contributed by atoms with van der Waals surface area (Å²) in [4.78, 5) is 12.0. The first-order valence-corrected chi connectivity index (χ1v) is 7.74. The highest BCUT2D eigenvalue weighted by Crippen LogP contribution is 2.17. The van der Waals surface area contributed by atoms with E-state index in [1.165, 1.54) is 11.1 Å². The molecule has 0 fully saturated rings. The van der Waals surface area contributed by atoms with Crippen LogP contribution in [0.4, 0.5) is 5.69 Å². The summed E-state index contributed by atoms with van der Waals surface area (Å²) in [6.07, 6.45) is 0. The van der Waals surface area contributed by atoms with Crippen LogP contribution in [-0.2, 0) is 4.79 Å². The van der Waals surface area contributed by atoms with Crippen molar-refractivity contribution in [3.05, 3.63) is 65.7 Å². The van der Waals surface area contributed by atoms with E-state index >= 15 is 0 Å². The van der Waals surface area contributed by atoms with Crippen LogP contribution in [0, 0.1) is 0 Å². The molecule has 0 saturated carbocycles. The van der Waals surface area contributed by atoms with Gasteiger partial charge in [-0.05, 0) is 36.1 Å². The molecule has 0 heterocycles. The van der Waals surface area contributed by atoms with Crippen molar-refractivity contribution < 1.29 is 4.79 Å². The monoisotopic (exact) mass is 296 g/mol. The van der Waals surface area contributed by atoms with Crippen LogP contribution in [0.3, 0.4) is 0 Å². The third-order valence-electron chi connectivity index (χ3n) is 3.73. The van der Waals surface area contributed by atoms with Gasteiger partial charge in [0, 0.05) is 11.7 Å². The molecule has 116 valence electrons. The minimum atomic E-state index is -0.0277. The largest absolute Gasteiger partial charge is 0.325 e. The second-order valence-electron chi connectivity index (χ2n) is 5.84. The lowest BCUT2D eigenvalue weighted by Gasteiger charge is -2.14. The highest BCUT2D eigenvalue weighted by Gasteiger charge is 2.07. The molecule has 0 unspecified atom stereocenters. The van der Waals surface area contributed by atoms with Gasteiger partial charge in [0.1, 0.15) is 0 Å². The number of nitrogens with one attached hydrogen (secondary N) is 2. The van der Waals surface area contributed by atoms with Crippen molar-refractivity contribution in [3.63, 3.8) is 0 Å². The quantitative estimate of drug-likeness (QED) is 0.842. The Hall–Kier alpha value is -2.13. The van der Waals surface area contributed by atoms with Crippen molar-refractivity contribution in [2.45, 2.75) is 32.7 Å². The van der Waals surface area contributed by atoms with Crippen molar-refractivity contribution >= 4 is 11.6 Å². The number of carbonyl (C=O) groups is 1. The van der Waals surface area contributed by atoms with Gasteiger partial charge in [-0.3, -0.25) is 4.79 Å². The molecule has 0 aliphatic carbocycles. The highest BCUT2D eigenvalue weighted by molar-refractivity contribution is 5.92. The van der Waals surface area contributed by atoms with E-state index in [9.17, 15) is 4.79 Å². The first kappa shape index (κ1) is 16.2. The molecule has 22 heavy (non-hydrogen) atoms. The van der Waals surface area contributed by atoms with E-state index in [4.69, 9.17) is 0 Å². The van der Waals surface area contributed by atoms with Crippen LogP contribution in [-0.4, -0.2) is 12.5 Å². The normalized spacial score (nSPS) is 12.2. The molecule has 0 aliphatic rings. The summed E-state index contributed by atoms with van der Waals surface area (Å²) in [5.74, 6) is 0.471. The van der Waals surface area contributed by atoms with Gasteiger partial charge in [0.15, 0.2) is 0 Å². The molecule has 2 aromatic carbocycles. The molecule has 0 spiro atoms. The number of hydrogen-bond donors (Lipinski definition) is 2. The second kappa shape index (κ2) is 7.76. The van der Waals surface area contributed by atoms with Crippen molar-refractivity contribution in [2.24, 2.45) is 0 Å². The van der Waals surface area contributed by atoms with Crippen LogP contribution >= 0.6 is 0 Å². The van der Waals surface area contributed by atoms with Gasteiger partial charge < -0.3 is 10.6 Å². The Morgan fingerprint density at radius 3 is 2.14 bits per heavy atom. The predicted octanol–water partition coefficient (Wildman–Crippen LogP) is 4.10. The number of amides is 1. The van der Waals surface area contributed by atoms with Crippen LogP contribution in [0.15, 0.2) is 54.6 Å². The Morgan fingerprint density at radius 2 is 1.55 bits per heavy atom. The van der Waals surface area contributed by atoms with Gasteiger partial charge >= 0.3 is 0 Å². The van der Waals surface area contributed by atoms with Crippen LogP contribution in [0.2, 0.25) is 0 Å². The first-order chi connectivity index (χ1) is 10.6. The fourth-order valence-electron chi connectivity index (χ4n) is 2.26. The Labute approximate surface area is 132 Å². The van der Waals surface area contributed by atoms with Gasteiger partial charge in [-0.25, -0.2) is 0 Å². The van der Waals surface area contributed by atoms with Gasteiger partial charge in [0.05, 0.1) is 6.54 Å². The van der Waals surface area contributed by atoms with Crippen molar-refractivity contribution in [1.82, 2.24) is 5.32 Å². The molecule has 2 N–H and O–H groups in total. The minimum absolute atomic E-state index is 0.0277. The standard InChI is InChI=1S/C19H24N2O/c1-14(2)16-9-11-18(12-10-16)21-19(22)13-20-15(3)17-7-5-4-6-8-17/h4-12,14-15,20H,13H2,1-3H3,(H,21,22)/t15-/m1/s1. The maximum atomic E-state index is 12.0. The molecule has 0 radical (unpaired) electrons. The number of benzene rings is 2. The molecule has 2 rings (SSSR count). The van der Waals surface area contributed by atoms with Crippen LogP contribution < -0.4 is 10.6 Å². The second-order valence-corrected chi connectivity index (χ2v) is 5.84. The summed E-state index contributed by atoms with van der Waals surface area (Å²) in [5, 5.41) is 6.15. The average Bonchev–Trinajstić information content (AvgIpc) is 2.54. The van der Waals surface area contributed by atoms with Crippen molar-refractivity contribution in [1.29, 1.82) is 0 Å². The average molecular weight is 296 g/mol. The van der Waals surface area contributed by atoms with E-state index in [-0.39, 0.29) is 11.9 Å². The highest BCUT2D eigenvalue weighted by atomic mass is 16.1. The number of carbonyl (C=O) groups excluding carboxylic acids is 1. The topological polar surface area (TPSA) is 41.1 Å². The fraction of sp³-hybridized carbons (Fsp3) is 0.316. The first-order valence-electron chi connectivity index (χ1n) is 7.74. The summed E-state index contributed by atoms with van der Waals surface area (Å²) in [5.41, 5.74) is 3.29. The van der Waals surface area contributed by atoms with Gasteiger partial charge in [-0.15, -0.1) is 0 Å². The predicted molar refractivity (Wildman–Crippen MR) is 92.0 cm³/mol. The molecule has 0 aliphatic heterocycles. The van der Waals surface area contributed by atoms with E-state index in [0.29, 0.717) is 12.5 Å². The zero-order valence-corrected chi connectivity index (χ0v) is 13.5. The maximum absolute atomic E-state index is 12.0. The summed E-state index contributed by atoms with van der Waals surface area (Å²) in [6.45, 7) is 6.66. The third-order valence-corrected chi connectivity index (χ3v) is 3.73. The van der Waals surface area contributed by atoms with Gasteiger partial charge in [-0.2, -0.15) is 0 Å². The molecule has 2 aromatic rings. The lowest BCUT2D eigenvalue weighted by molar-refractivity contribution is -0.115. The minimum Gasteiger partial charge on any atom is -0.325 e. The van der Waals surface area contributed by atoms with Crippen molar-refractivity contribution in [3.8, 4) is 0 Å². The van der Waals surface area contributed by atoms with Crippen LogP contribution in [0.25, 0.3) is 0 Å². The number of hydrogen-bond acceptors (Lipinski definition) is 2. The van der Waals surface area contributed by atoms with Gasteiger partial charge in [0.2, 0.25) is 5.91 Å². The van der Waals surface area contributed by atoms with Gasteiger partial charge in [0.25, 0.3) is 0 Å². The zero-order chi connectivity index (χ0) is 15.9. The molecule has 1 amide bonds. The smallest absolute Gasteiger partial charge is 0.238 e. The van der Waals surface area contributed by atoms with Crippen LogP contribution in [0.5, 0.6) is 0 Å². The van der Waals surface area contributed by atoms with E-state index in [0.717, 1.165) is 5.69 Å². The zero-order valence-electron chi connectivity index (χ0n) is 13.5. The molecule has 1 atom stereocenters. The Kier molecular flexibility index (Phi) is 5.73. The molecule has 0 saturated heterocycles. The van der Waals surface area contributed by atoms with E-state index in [1.54, 1.807) is 0 Å². The summed E-state index contributed by atoms with van der Waals surface area (Å²) in [6, 6.07) is 18.3. The van der Waals surface area contributed by atoms with E-state index in [1.807, 2.05) is 30.3 Å². The van der Waals surface area contributed by atoms with Crippen molar-refractivity contribution in [2.75, 3.05) is 11.9 Å². The summed E-state index contributed by atoms with van der Waals surface area (Å²) < 4.78 is 0. The molecule has 3 nitrogen and oxygen atoms in total. The Morgan fingerprint density at radius 1 is 0.909 bits per heavy atom. The Bertz CT molecular complexity index is 591. The third kappa shape index (κ3) is 4.71. The molecule has 0 bridgehead atoms. The van der Waals surface area contributed by atoms with Crippen LogP contribution in [0.1, 0.15) is 43.9 Å². The molecule has 3 heteroatoms. The summed E-state index contributed by atoms with van der Waals surface area (Å²) in [7, 11) is 0. The lowest BCUT2D eigenvalue weighted by Crippen LogP contribution is -2.30. The summed E-state index contributed by atoms with van der Waals surface area (Å²) >= 11 is 0. The molecular weight excluding hydrogens is 272 g/mol. The lowest BCUT2D eigenvalue weighted by atomic mass is 10.0. The molecular formula is C19H24N2O. The fourth-order valence-corrected chi connectivity index (χ4v) is 2.26. The number of rotatable bonds is 6. The number of anilines is 1. The van der Waals surface area contributed by atoms with E-state index < -0.39 is 0 Å².